The van der Waals surface area contributed by atoms with Crippen LogP contribution in [0.2, 0.25) is 5.02 Å². The van der Waals surface area contributed by atoms with Crippen LogP contribution in [0, 0.1) is 0 Å². The van der Waals surface area contributed by atoms with Gasteiger partial charge in [0, 0.05) is 24.2 Å². The maximum absolute atomic E-state index is 12.7. The Bertz CT molecular complexity index is 1530. The monoisotopic (exact) mass is 618 g/mol. The molecule has 1 aliphatic rings. The van der Waals surface area contributed by atoms with Gasteiger partial charge in [-0.1, -0.05) is 74.8 Å². The van der Waals surface area contributed by atoms with Gasteiger partial charge in [0.2, 0.25) is 5.91 Å². The van der Waals surface area contributed by atoms with Gasteiger partial charge in [0.15, 0.2) is 11.5 Å². The molecule has 224 valence electrons. The second-order valence-corrected chi connectivity index (χ2v) is 12.3. The van der Waals surface area contributed by atoms with Crippen molar-refractivity contribution in [2.45, 2.75) is 39.7 Å². The highest BCUT2D eigenvalue weighted by Crippen LogP contribution is 2.32. The molecule has 1 N–H and O–H groups in total. The summed E-state index contributed by atoms with van der Waals surface area (Å²) in [5.41, 5.74) is 3.94. The van der Waals surface area contributed by atoms with Crippen molar-refractivity contribution < 1.29 is 23.9 Å². The summed E-state index contributed by atoms with van der Waals surface area (Å²) in [5.74, 6) is 0.469. The minimum atomic E-state index is -0.387. The number of rotatable bonds is 11. The summed E-state index contributed by atoms with van der Waals surface area (Å²) < 4.78 is 11.8. The van der Waals surface area contributed by atoms with Crippen LogP contribution in [0.1, 0.15) is 49.9 Å². The normalized spacial score (nSPS) is 14.5. The predicted octanol–water partition coefficient (Wildman–Crippen LogP) is 7.48. The zero-order valence-corrected chi connectivity index (χ0v) is 26.3. The molecule has 0 saturated carbocycles. The van der Waals surface area contributed by atoms with E-state index < -0.39 is 0 Å². The lowest BCUT2D eigenvalue weighted by Crippen LogP contribution is -2.36. The fraction of sp³-hybridized carbons (Fsp3) is 0.265. The van der Waals surface area contributed by atoms with E-state index in [2.05, 4.69) is 50.4 Å². The summed E-state index contributed by atoms with van der Waals surface area (Å²) >= 11 is 6.78. The first-order valence-electron chi connectivity index (χ1n) is 14.0. The quantitative estimate of drug-likeness (QED) is 0.224. The summed E-state index contributed by atoms with van der Waals surface area (Å²) in [6, 6.07) is 20.9. The van der Waals surface area contributed by atoms with Crippen LogP contribution in [-0.2, 0) is 21.6 Å². The van der Waals surface area contributed by atoms with E-state index in [-0.39, 0.29) is 35.6 Å². The number of carbonyl (C=O) groups excluding carboxylic acids is 3. The third-order valence-corrected chi connectivity index (χ3v) is 7.74. The van der Waals surface area contributed by atoms with Crippen LogP contribution in [-0.4, -0.2) is 41.6 Å². The highest BCUT2D eigenvalue weighted by Gasteiger charge is 2.34. The molecule has 0 spiro atoms. The lowest BCUT2D eigenvalue weighted by Gasteiger charge is -2.19. The Morgan fingerprint density at radius 3 is 2.33 bits per heavy atom. The highest BCUT2D eigenvalue weighted by atomic mass is 35.5. The van der Waals surface area contributed by atoms with E-state index in [4.69, 9.17) is 21.1 Å². The van der Waals surface area contributed by atoms with E-state index in [0.29, 0.717) is 34.6 Å². The first-order chi connectivity index (χ1) is 20.5. The minimum Gasteiger partial charge on any atom is -0.490 e. The largest absolute Gasteiger partial charge is 0.490 e. The van der Waals surface area contributed by atoms with Gasteiger partial charge in [0.1, 0.15) is 6.61 Å². The molecule has 3 aromatic carbocycles. The zero-order valence-electron chi connectivity index (χ0n) is 24.7. The summed E-state index contributed by atoms with van der Waals surface area (Å²) in [5, 5.41) is 2.94. The molecule has 43 heavy (non-hydrogen) atoms. The molecule has 0 atom stereocenters. The fourth-order valence-corrected chi connectivity index (χ4v) is 5.19. The number of benzene rings is 3. The molecule has 0 aromatic heterocycles. The Hall–Kier alpha value is -4.01. The second-order valence-electron chi connectivity index (χ2n) is 10.9. The molecule has 1 heterocycles. The number of thioether (sulfide) groups is 1. The van der Waals surface area contributed by atoms with Crippen molar-refractivity contribution in [3.63, 3.8) is 0 Å². The average Bonchev–Trinajstić information content (AvgIpc) is 3.24. The fourth-order valence-electron chi connectivity index (χ4n) is 4.20. The third-order valence-electron chi connectivity index (χ3n) is 6.59. The van der Waals surface area contributed by atoms with Crippen LogP contribution in [0.5, 0.6) is 11.5 Å². The molecule has 0 bridgehead atoms. The molecule has 3 amide bonds. The van der Waals surface area contributed by atoms with Crippen LogP contribution >= 0.6 is 23.4 Å². The van der Waals surface area contributed by atoms with Crippen molar-refractivity contribution in [3.05, 3.63) is 105 Å². The van der Waals surface area contributed by atoms with E-state index in [0.717, 1.165) is 33.4 Å². The Morgan fingerprint density at radius 2 is 1.65 bits per heavy atom. The van der Waals surface area contributed by atoms with Crippen molar-refractivity contribution in [2.24, 2.45) is 0 Å². The predicted molar refractivity (Wildman–Crippen MR) is 173 cm³/mol. The molecule has 0 aliphatic carbocycles. The van der Waals surface area contributed by atoms with Gasteiger partial charge in [0.25, 0.3) is 11.1 Å². The van der Waals surface area contributed by atoms with Crippen molar-refractivity contribution in [1.29, 1.82) is 0 Å². The summed E-state index contributed by atoms with van der Waals surface area (Å²) in [6.07, 6.45) is 4.72. The average molecular weight is 619 g/mol. The van der Waals surface area contributed by atoms with Crippen LogP contribution in [0.25, 0.3) is 12.2 Å². The molecule has 4 rings (SSSR count). The lowest BCUT2D eigenvalue weighted by atomic mass is 9.87. The summed E-state index contributed by atoms with van der Waals surface area (Å²) in [6.45, 7) is 9.52. The number of imide groups is 1. The number of hydrogen-bond donors (Lipinski definition) is 1. The number of nitrogens with one attached hydrogen (secondary N) is 1. The maximum atomic E-state index is 12.7. The van der Waals surface area contributed by atoms with Crippen LogP contribution in [0.3, 0.4) is 0 Å². The first kappa shape index (κ1) is 31.9. The number of ether oxygens (including phenoxy) is 2. The molecular weight excluding hydrogens is 584 g/mol. The van der Waals surface area contributed by atoms with Crippen molar-refractivity contribution in [3.8, 4) is 11.5 Å². The van der Waals surface area contributed by atoms with Gasteiger partial charge in [-0.25, -0.2) is 0 Å². The molecule has 0 unspecified atom stereocenters. The van der Waals surface area contributed by atoms with Crippen molar-refractivity contribution in [2.75, 3.05) is 19.7 Å². The molecule has 9 heteroatoms. The van der Waals surface area contributed by atoms with Gasteiger partial charge in [0.05, 0.1) is 11.5 Å². The maximum Gasteiger partial charge on any atom is 0.293 e. The number of carbonyl (C=O) groups is 3. The van der Waals surface area contributed by atoms with Crippen molar-refractivity contribution >= 4 is 52.6 Å². The van der Waals surface area contributed by atoms with Gasteiger partial charge < -0.3 is 14.8 Å². The van der Waals surface area contributed by atoms with Crippen LogP contribution in [0.4, 0.5) is 4.79 Å². The minimum absolute atomic E-state index is 0.0711. The Kier molecular flexibility index (Phi) is 10.7. The molecule has 1 aliphatic heterocycles. The molecule has 1 fully saturated rings. The SMILES string of the molecule is CCOc1cc(/C=C/C(=O)NCCN2C(=O)S/C(=C/c3ccc(Cl)cc3)C2=O)ccc1OCc1ccc(C(C)(C)C)cc1. The molecular formula is C34H35ClN2O5S. The number of amides is 3. The van der Waals surface area contributed by atoms with Gasteiger partial charge in [-0.05, 0) is 82.8 Å². The van der Waals surface area contributed by atoms with Gasteiger partial charge >= 0.3 is 0 Å². The summed E-state index contributed by atoms with van der Waals surface area (Å²) in [7, 11) is 0. The molecule has 3 aromatic rings. The van der Waals surface area contributed by atoms with E-state index in [1.54, 1.807) is 36.4 Å². The highest BCUT2D eigenvalue weighted by molar-refractivity contribution is 8.18. The van der Waals surface area contributed by atoms with Crippen molar-refractivity contribution in [1.82, 2.24) is 10.2 Å². The van der Waals surface area contributed by atoms with E-state index >= 15 is 0 Å². The number of nitrogens with zero attached hydrogens (tertiary/aromatic N) is 1. The van der Waals surface area contributed by atoms with E-state index in [9.17, 15) is 14.4 Å². The zero-order chi connectivity index (χ0) is 31.0. The second kappa shape index (κ2) is 14.4. The van der Waals surface area contributed by atoms with Gasteiger partial charge in [-0.3, -0.25) is 19.3 Å². The Labute approximate surface area is 261 Å². The Morgan fingerprint density at radius 1 is 0.953 bits per heavy atom. The lowest BCUT2D eigenvalue weighted by molar-refractivity contribution is -0.123. The Balaban J connectivity index is 1.29. The standard InChI is InChI=1S/C34H35ClN2O5S/c1-5-41-29-20-23(10-16-28(29)42-22-25-6-12-26(13-7-25)34(2,3)4)11-17-31(38)36-18-19-37-32(39)30(43-33(37)40)21-24-8-14-27(35)15-9-24/h6-17,20-21H,5,18-19,22H2,1-4H3,(H,36,38)/b17-11+,30-21+. The van der Waals surface area contributed by atoms with Crippen LogP contribution in [0.15, 0.2) is 77.7 Å². The van der Waals surface area contributed by atoms with Gasteiger partial charge in [-0.2, -0.15) is 0 Å². The molecule has 0 radical (unpaired) electrons. The van der Waals surface area contributed by atoms with E-state index in [1.807, 2.05) is 25.1 Å². The van der Waals surface area contributed by atoms with Gasteiger partial charge in [-0.15, -0.1) is 0 Å². The number of hydrogen-bond acceptors (Lipinski definition) is 6. The third kappa shape index (κ3) is 8.99. The first-order valence-corrected chi connectivity index (χ1v) is 15.2. The van der Waals surface area contributed by atoms with Crippen LogP contribution < -0.4 is 14.8 Å². The number of halogens is 1. The topological polar surface area (TPSA) is 84.9 Å². The van der Waals surface area contributed by atoms with E-state index in [1.165, 1.54) is 11.6 Å². The molecule has 7 nitrogen and oxygen atoms in total. The summed E-state index contributed by atoms with van der Waals surface area (Å²) in [4.78, 5) is 39.0. The molecule has 1 saturated heterocycles. The smallest absolute Gasteiger partial charge is 0.293 e.